The largest absolute Gasteiger partial charge is 0.457 e. The average molecular weight is 482 g/mol. The van der Waals surface area contributed by atoms with Crippen molar-refractivity contribution in [3.8, 4) is 33.9 Å². The lowest BCUT2D eigenvalue weighted by molar-refractivity contribution is 0.400. The molecule has 3 aromatic carbocycles. The van der Waals surface area contributed by atoms with E-state index in [2.05, 4.69) is 53.7 Å². The molecule has 4 rings (SSSR count). The Hall–Kier alpha value is -3.46. The van der Waals surface area contributed by atoms with Gasteiger partial charge in [0.2, 0.25) is 0 Å². The summed E-state index contributed by atoms with van der Waals surface area (Å²) in [5.74, 6) is 1.13. The maximum atomic E-state index is 15.1. The highest BCUT2D eigenvalue weighted by Crippen LogP contribution is 2.38. The van der Waals surface area contributed by atoms with E-state index in [-0.39, 0.29) is 16.6 Å². The zero-order chi connectivity index (χ0) is 25.9. The molecule has 1 aromatic heterocycles. The first-order valence-electron chi connectivity index (χ1n) is 12.6. The van der Waals surface area contributed by atoms with E-state index in [0.717, 1.165) is 28.8 Å². The molecule has 0 amide bonds. The number of hydrogen-bond donors (Lipinski definition) is 0. The van der Waals surface area contributed by atoms with Gasteiger partial charge in [0.05, 0.1) is 5.69 Å². The standard InChI is InChI=1S/C33H36FNO/c1-32(2,3)20-23-15-16-30(35-22-23)25-13-10-14-27(17-25)36-31-18-26(21-33(4,5)6)29(34)19-28(31)24-11-8-7-9-12-24/h7-19,22H,20-21H2,1-6H3. The molecule has 2 nitrogen and oxygen atoms in total. The predicted molar refractivity (Wildman–Crippen MR) is 148 cm³/mol. The lowest BCUT2D eigenvalue weighted by Gasteiger charge is -2.21. The summed E-state index contributed by atoms with van der Waals surface area (Å²) >= 11 is 0. The smallest absolute Gasteiger partial charge is 0.135 e. The highest BCUT2D eigenvalue weighted by molar-refractivity contribution is 5.72. The van der Waals surface area contributed by atoms with Gasteiger partial charge >= 0.3 is 0 Å². The SMILES string of the molecule is CC(C)(C)Cc1ccc(-c2cccc(Oc3cc(CC(C)(C)C)c(F)cc3-c3ccccc3)c2)nc1. The Morgan fingerprint density at radius 1 is 0.722 bits per heavy atom. The summed E-state index contributed by atoms with van der Waals surface area (Å²) in [4.78, 5) is 4.71. The van der Waals surface area contributed by atoms with Crippen LogP contribution in [0.4, 0.5) is 4.39 Å². The Labute approximate surface area is 215 Å². The van der Waals surface area contributed by atoms with Crippen LogP contribution in [0.3, 0.4) is 0 Å². The van der Waals surface area contributed by atoms with Crippen LogP contribution in [0.2, 0.25) is 0 Å². The first-order chi connectivity index (χ1) is 17.0. The van der Waals surface area contributed by atoms with Crippen LogP contribution >= 0.6 is 0 Å². The third kappa shape index (κ3) is 6.81. The van der Waals surface area contributed by atoms with Crippen LogP contribution in [-0.2, 0) is 12.8 Å². The molecule has 0 spiro atoms. The van der Waals surface area contributed by atoms with Gasteiger partial charge in [-0.15, -0.1) is 0 Å². The van der Waals surface area contributed by atoms with Crippen LogP contribution < -0.4 is 4.74 Å². The van der Waals surface area contributed by atoms with Crippen molar-refractivity contribution in [1.82, 2.24) is 4.98 Å². The zero-order valence-corrected chi connectivity index (χ0v) is 22.2. The number of aromatic nitrogens is 1. The Morgan fingerprint density at radius 2 is 1.42 bits per heavy atom. The van der Waals surface area contributed by atoms with E-state index in [1.807, 2.05) is 66.9 Å². The number of rotatable bonds is 6. The fraction of sp³-hybridized carbons (Fsp3) is 0.303. The minimum absolute atomic E-state index is 0.0445. The highest BCUT2D eigenvalue weighted by atomic mass is 19.1. The van der Waals surface area contributed by atoms with Crippen molar-refractivity contribution in [3.63, 3.8) is 0 Å². The molecule has 0 aliphatic rings. The predicted octanol–water partition coefficient (Wildman–Crippen LogP) is 9.52. The maximum absolute atomic E-state index is 15.1. The van der Waals surface area contributed by atoms with Gasteiger partial charge in [0.25, 0.3) is 0 Å². The van der Waals surface area contributed by atoms with E-state index >= 15 is 4.39 Å². The highest BCUT2D eigenvalue weighted by Gasteiger charge is 2.19. The van der Waals surface area contributed by atoms with Crippen LogP contribution in [0.5, 0.6) is 11.5 Å². The number of benzene rings is 3. The third-order valence-electron chi connectivity index (χ3n) is 5.87. The first kappa shape index (κ1) is 25.6. The Balaban J connectivity index is 1.68. The monoisotopic (exact) mass is 481 g/mol. The third-order valence-corrected chi connectivity index (χ3v) is 5.87. The molecule has 0 radical (unpaired) electrons. The van der Waals surface area contributed by atoms with Crippen molar-refractivity contribution in [2.45, 2.75) is 54.4 Å². The second-order valence-corrected chi connectivity index (χ2v) is 12.0. The summed E-state index contributed by atoms with van der Waals surface area (Å²) < 4.78 is 21.6. The molecule has 0 unspecified atom stereocenters. The number of pyridine rings is 1. The molecule has 36 heavy (non-hydrogen) atoms. The van der Waals surface area contributed by atoms with Crippen LogP contribution in [0, 0.1) is 16.6 Å². The topological polar surface area (TPSA) is 22.1 Å². The van der Waals surface area contributed by atoms with Gasteiger partial charge in [0, 0.05) is 17.3 Å². The van der Waals surface area contributed by atoms with Gasteiger partial charge in [-0.2, -0.15) is 0 Å². The van der Waals surface area contributed by atoms with Gasteiger partial charge in [-0.3, -0.25) is 4.98 Å². The van der Waals surface area contributed by atoms with Crippen LogP contribution in [-0.4, -0.2) is 4.98 Å². The molecule has 0 atom stereocenters. The van der Waals surface area contributed by atoms with Gasteiger partial charge < -0.3 is 4.74 Å². The van der Waals surface area contributed by atoms with Gasteiger partial charge in [-0.1, -0.05) is 90.1 Å². The van der Waals surface area contributed by atoms with E-state index in [9.17, 15) is 0 Å². The number of ether oxygens (including phenoxy) is 1. The van der Waals surface area contributed by atoms with Crippen molar-refractivity contribution in [2.75, 3.05) is 0 Å². The lowest BCUT2D eigenvalue weighted by Crippen LogP contribution is -2.11. The molecule has 0 saturated carbocycles. The van der Waals surface area contributed by atoms with Gasteiger partial charge in [0.15, 0.2) is 0 Å². The first-order valence-corrected chi connectivity index (χ1v) is 12.6. The van der Waals surface area contributed by atoms with Crippen molar-refractivity contribution in [2.24, 2.45) is 10.8 Å². The molecule has 4 aromatic rings. The van der Waals surface area contributed by atoms with Crippen molar-refractivity contribution >= 4 is 0 Å². The van der Waals surface area contributed by atoms with Crippen LogP contribution in [0.1, 0.15) is 52.7 Å². The Morgan fingerprint density at radius 3 is 2.06 bits per heavy atom. The summed E-state index contributed by atoms with van der Waals surface area (Å²) in [6.07, 6.45) is 3.56. The quantitative estimate of drug-likeness (QED) is 0.273. The fourth-order valence-electron chi connectivity index (χ4n) is 4.39. The van der Waals surface area contributed by atoms with E-state index < -0.39 is 0 Å². The van der Waals surface area contributed by atoms with Crippen molar-refractivity contribution < 1.29 is 9.13 Å². The normalized spacial score (nSPS) is 12.0. The minimum atomic E-state index is -0.204. The van der Waals surface area contributed by atoms with Gasteiger partial charge in [-0.25, -0.2) is 4.39 Å². The second kappa shape index (κ2) is 10.3. The van der Waals surface area contributed by atoms with E-state index in [4.69, 9.17) is 9.72 Å². The summed E-state index contributed by atoms with van der Waals surface area (Å²) in [6, 6.07) is 25.4. The van der Waals surface area contributed by atoms with E-state index in [1.165, 1.54) is 5.56 Å². The van der Waals surface area contributed by atoms with Gasteiger partial charge in [-0.05, 0) is 70.7 Å². The average Bonchev–Trinajstić information content (AvgIpc) is 2.80. The molecular formula is C33H36FNO. The molecule has 0 saturated heterocycles. The molecule has 0 bridgehead atoms. The molecule has 3 heteroatoms. The van der Waals surface area contributed by atoms with Crippen LogP contribution in [0.15, 0.2) is 85.1 Å². The summed E-state index contributed by atoms with van der Waals surface area (Å²) in [7, 11) is 0. The second-order valence-electron chi connectivity index (χ2n) is 12.0. The molecule has 0 aliphatic carbocycles. The lowest BCUT2D eigenvalue weighted by atomic mass is 9.87. The maximum Gasteiger partial charge on any atom is 0.135 e. The fourth-order valence-corrected chi connectivity index (χ4v) is 4.39. The van der Waals surface area contributed by atoms with Crippen molar-refractivity contribution in [3.05, 3.63) is 102 Å². The minimum Gasteiger partial charge on any atom is -0.457 e. The summed E-state index contributed by atoms with van der Waals surface area (Å²) in [5.41, 5.74) is 5.59. The number of halogens is 1. The molecular weight excluding hydrogens is 445 g/mol. The zero-order valence-electron chi connectivity index (χ0n) is 22.2. The summed E-state index contributed by atoms with van der Waals surface area (Å²) in [5, 5.41) is 0. The summed E-state index contributed by atoms with van der Waals surface area (Å²) in [6.45, 7) is 13.0. The molecule has 186 valence electrons. The molecule has 1 heterocycles. The molecule has 0 N–H and O–H groups in total. The Kier molecular flexibility index (Phi) is 7.31. The Bertz CT molecular complexity index is 1310. The van der Waals surface area contributed by atoms with Crippen LogP contribution in [0.25, 0.3) is 22.4 Å². The van der Waals surface area contributed by atoms with Crippen molar-refractivity contribution in [1.29, 1.82) is 0 Å². The van der Waals surface area contributed by atoms with Gasteiger partial charge in [0.1, 0.15) is 17.3 Å². The van der Waals surface area contributed by atoms with E-state index in [1.54, 1.807) is 6.07 Å². The van der Waals surface area contributed by atoms with E-state index in [0.29, 0.717) is 23.5 Å². The molecule has 0 fully saturated rings. The number of nitrogens with zero attached hydrogens (tertiary/aromatic N) is 1. The molecule has 0 aliphatic heterocycles. The number of hydrogen-bond acceptors (Lipinski definition) is 2.